The number of pyridine rings is 1. The van der Waals surface area contributed by atoms with Crippen LogP contribution in [0, 0.1) is 0 Å². The first kappa shape index (κ1) is 24.2. The highest BCUT2D eigenvalue weighted by atomic mass is 16.5. The van der Waals surface area contributed by atoms with Crippen molar-refractivity contribution in [3.8, 4) is 17.3 Å². The molecule has 4 heterocycles. The number of fused-ring (bicyclic) bond motifs is 1. The molecule has 2 amide bonds. The molecule has 3 N–H and O–H groups in total. The number of hydrogen-bond donors (Lipinski definition) is 3. The smallest absolute Gasteiger partial charge is 0.258 e. The van der Waals surface area contributed by atoms with Gasteiger partial charge < -0.3 is 25.3 Å². The van der Waals surface area contributed by atoms with Crippen molar-refractivity contribution in [1.29, 1.82) is 0 Å². The number of nitrogens with one attached hydrogen (secondary N) is 3. The average Bonchev–Trinajstić information content (AvgIpc) is 3.57. The zero-order valence-electron chi connectivity index (χ0n) is 21.2. The van der Waals surface area contributed by atoms with Gasteiger partial charge in [-0.3, -0.25) is 14.3 Å². The monoisotopic (exact) mass is 522 g/mol. The fourth-order valence-corrected chi connectivity index (χ4v) is 4.50. The molecule has 1 fully saturated rings. The van der Waals surface area contributed by atoms with Crippen molar-refractivity contribution in [2.24, 2.45) is 0 Å². The molecule has 11 heteroatoms. The predicted molar refractivity (Wildman–Crippen MR) is 147 cm³/mol. The van der Waals surface area contributed by atoms with Crippen molar-refractivity contribution < 1.29 is 14.3 Å². The minimum Gasteiger partial charge on any atom is -0.497 e. The van der Waals surface area contributed by atoms with Gasteiger partial charge in [-0.1, -0.05) is 24.3 Å². The van der Waals surface area contributed by atoms with Crippen molar-refractivity contribution in [3.63, 3.8) is 0 Å². The van der Waals surface area contributed by atoms with Crippen molar-refractivity contribution in [2.45, 2.75) is 6.54 Å². The Hall–Kier alpha value is -5.19. The van der Waals surface area contributed by atoms with Gasteiger partial charge in [0.05, 0.1) is 36.8 Å². The Morgan fingerprint density at radius 3 is 2.69 bits per heavy atom. The number of carbonyl (C=O) groups is 2. The van der Waals surface area contributed by atoms with E-state index < -0.39 is 0 Å². The van der Waals surface area contributed by atoms with Crippen LogP contribution in [0.3, 0.4) is 0 Å². The van der Waals surface area contributed by atoms with E-state index >= 15 is 0 Å². The van der Waals surface area contributed by atoms with Crippen LogP contribution < -0.4 is 20.3 Å². The number of ether oxygens (including phenoxy) is 1. The van der Waals surface area contributed by atoms with Crippen LogP contribution >= 0.6 is 0 Å². The Kier molecular flexibility index (Phi) is 6.37. The van der Waals surface area contributed by atoms with Gasteiger partial charge in [-0.25, -0.2) is 9.97 Å². The molecule has 6 rings (SSSR count). The van der Waals surface area contributed by atoms with E-state index in [1.165, 1.54) is 6.20 Å². The fourth-order valence-electron chi connectivity index (χ4n) is 4.50. The first-order valence-corrected chi connectivity index (χ1v) is 12.5. The molecule has 5 aromatic rings. The zero-order chi connectivity index (χ0) is 26.8. The number of H-pyrrole nitrogens is 1. The number of aromatic nitrogens is 5. The highest BCUT2D eigenvalue weighted by molar-refractivity contribution is 6.03. The molecule has 11 nitrogen and oxygen atoms in total. The van der Waals surface area contributed by atoms with Gasteiger partial charge in [0, 0.05) is 25.4 Å². The number of hydrogen-bond acceptors (Lipinski definition) is 7. The summed E-state index contributed by atoms with van der Waals surface area (Å²) in [6.07, 6.45) is 1.51. The number of methoxy groups -OCH3 is 1. The molecule has 0 bridgehead atoms. The number of imidazole rings is 1. The number of aromatic amines is 1. The van der Waals surface area contributed by atoms with Crippen molar-refractivity contribution in [2.75, 3.05) is 37.0 Å². The maximum atomic E-state index is 13.1. The molecule has 2 aromatic carbocycles. The van der Waals surface area contributed by atoms with Crippen LogP contribution in [-0.2, 0) is 11.3 Å². The molecule has 1 aliphatic heterocycles. The number of amides is 2. The molecule has 0 atom stereocenters. The maximum absolute atomic E-state index is 13.1. The van der Waals surface area contributed by atoms with Gasteiger partial charge in [-0.2, -0.15) is 5.10 Å². The van der Waals surface area contributed by atoms with Gasteiger partial charge in [0.25, 0.3) is 5.91 Å². The molecule has 0 unspecified atom stereocenters. The molecule has 39 heavy (non-hydrogen) atoms. The molecule has 0 radical (unpaired) electrons. The third-order valence-corrected chi connectivity index (χ3v) is 6.52. The lowest BCUT2D eigenvalue weighted by molar-refractivity contribution is -0.120. The Morgan fingerprint density at radius 2 is 1.95 bits per heavy atom. The fraction of sp³-hybridized carbons (Fsp3) is 0.179. The summed E-state index contributed by atoms with van der Waals surface area (Å²) >= 11 is 0. The van der Waals surface area contributed by atoms with Crippen LogP contribution in [0.1, 0.15) is 15.9 Å². The lowest BCUT2D eigenvalue weighted by atomic mass is 10.2. The highest BCUT2D eigenvalue weighted by Gasteiger charge is 2.19. The van der Waals surface area contributed by atoms with Gasteiger partial charge in [-0.05, 0) is 42.0 Å². The summed E-state index contributed by atoms with van der Waals surface area (Å²) in [5, 5.41) is 10.4. The number of para-hydroxylation sites is 2. The summed E-state index contributed by atoms with van der Waals surface area (Å²) in [6, 6.07) is 20.8. The van der Waals surface area contributed by atoms with Gasteiger partial charge in [-0.15, -0.1) is 0 Å². The second kappa shape index (κ2) is 10.3. The predicted octanol–water partition coefficient (Wildman–Crippen LogP) is 3.07. The summed E-state index contributed by atoms with van der Waals surface area (Å²) in [5.41, 5.74) is 3.88. The normalized spacial score (nSPS) is 13.4. The number of benzene rings is 2. The number of piperazine rings is 1. The second-order valence-electron chi connectivity index (χ2n) is 9.15. The lowest BCUT2D eigenvalue weighted by Gasteiger charge is -2.27. The van der Waals surface area contributed by atoms with E-state index in [1.807, 2.05) is 53.4 Å². The van der Waals surface area contributed by atoms with E-state index in [4.69, 9.17) is 9.72 Å². The summed E-state index contributed by atoms with van der Waals surface area (Å²) < 4.78 is 7.08. The van der Waals surface area contributed by atoms with E-state index in [9.17, 15) is 9.59 Å². The van der Waals surface area contributed by atoms with Crippen LogP contribution in [0.15, 0.2) is 72.9 Å². The SMILES string of the molecule is COc1ccc(Cn2nc(NC(=O)c3ccc(N4CCNC(=O)C4)nc3)cc2-c2nc3ccccc3[nH]2)cc1. The zero-order valence-corrected chi connectivity index (χ0v) is 21.2. The van der Waals surface area contributed by atoms with E-state index in [0.29, 0.717) is 42.7 Å². The largest absolute Gasteiger partial charge is 0.497 e. The number of carbonyl (C=O) groups excluding carboxylic acids is 2. The van der Waals surface area contributed by atoms with Gasteiger partial charge in [0.15, 0.2) is 11.6 Å². The van der Waals surface area contributed by atoms with Crippen LogP contribution in [0.5, 0.6) is 5.75 Å². The minimum absolute atomic E-state index is 0.0460. The van der Waals surface area contributed by atoms with E-state index in [0.717, 1.165) is 28.0 Å². The molecule has 1 aliphatic rings. The summed E-state index contributed by atoms with van der Waals surface area (Å²) in [5.74, 6) is 2.08. The van der Waals surface area contributed by atoms with E-state index in [1.54, 1.807) is 30.0 Å². The molecular weight excluding hydrogens is 496 g/mol. The Balaban J connectivity index is 1.26. The molecule has 196 valence electrons. The second-order valence-corrected chi connectivity index (χ2v) is 9.15. The standard InChI is InChI=1S/C28H26N8O3/c1-39-20-9-6-18(7-10-20)16-36-23(27-31-21-4-2-3-5-22(21)32-27)14-24(34-36)33-28(38)19-8-11-25(30-15-19)35-13-12-29-26(37)17-35/h2-11,14-15H,12-13,16-17H2,1H3,(H,29,37)(H,31,32)(H,33,34,38). The lowest BCUT2D eigenvalue weighted by Crippen LogP contribution is -2.48. The maximum Gasteiger partial charge on any atom is 0.258 e. The number of rotatable bonds is 7. The molecule has 1 saturated heterocycles. The van der Waals surface area contributed by atoms with E-state index in [-0.39, 0.29) is 18.4 Å². The quantitative estimate of drug-likeness (QED) is 0.300. The van der Waals surface area contributed by atoms with Crippen LogP contribution in [0.25, 0.3) is 22.6 Å². The third-order valence-electron chi connectivity index (χ3n) is 6.52. The summed E-state index contributed by atoms with van der Waals surface area (Å²) in [4.78, 5) is 39.1. The van der Waals surface area contributed by atoms with Crippen molar-refractivity contribution in [1.82, 2.24) is 30.0 Å². The Labute approximate surface area is 223 Å². The molecule has 0 aliphatic carbocycles. The van der Waals surface area contributed by atoms with Crippen molar-refractivity contribution >= 4 is 34.5 Å². The average molecular weight is 523 g/mol. The van der Waals surface area contributed by atoms with Crippen LogP contribution in [0.2, 0.25) is 0 Å². The third kappa shape index (κ3) is 5.14. The molecule has 0 saturated carbocycles. The van der Waals surface area contributed by atoms with Gasteiger partial charge >= 0.3 is 0 Å². The highest BCUT2D eigenvalue weighted by Crippen LogP contribution is 2.25. The van der Waals surface area contributed by atoms with Crippen LogP contribution in [0.4, 0.5) is 11.6 Å². The minimum atomic E-state index is -0.337. The Morgan fingerprint density at radius 1 is 1.10 bits per heavy atom. The Bertz CT molecular complexity index is 1610. The van der Waals surface area contributed by atoms with Gasteiger partial charge in [0.1, 0.15) is 17.3 Å². The topological polar surface area (TPSA) is 130 Å². The molecule has 3 aromatic heterocycles. The number of nitrogens with zero attached hydrogens (tertiary/aromatic N) is 5. The van der Waals surface area contributed by atoms with Gasteiger partial charge in [0.2, 0.25) is 5.91 Å². The first-order valence-electron chi connectivity index (χ1n) is 12.5. The number of anilines is 2. The van der Waals surface area contributed by atoms with Crippen molar-refractivity contribution in [3.05, 3.63) is 84.1 Å². The molecular formula is C28H26N8O3. The molecule has 0 spiro atoms. The summed E-state index contributed by atoms with van der Waals surface area (Å²) in [7, 11) is 1.63. The van der Waals surface area contributed by atoms with Crippen LogP contribution in [-0.4, -0.2) is 63.3 Å². The summed E-state index contributed by atoms with van der Waals surface area (Å²) in [6.45, 7) is 1.94. The van der Waals surface area contributed by atoms with E-state index in [2.05, 4.69) is 25.7 Å². The first-order chi connectivity index (χ1) is 19.1.